The predicted octanol–water partition coefficient (Wildman–Crippen LogP) is 1.62. The molecule has 1 aliphatic rings. The van der Waals surface area contributed by atoms with Gasteiger partial charge in [-0.05, 0) is 24.3 Å². The van der Waals surface area contributed by atoms with Crippen LogP contribution in [0, 0.1) is 0 Å². The first kappa shape index (κ1) is 13.9. The SMILES string of the molecule is O=c1ccc2cncnc2n1-c1cccc(N2CCOCC2)c1. The number of hydrogen-bond donors (Lipinski definition) is 0. The number of ether oxygens (including phenoxy) is 1. The van der Waals surface area contributed by atoms with E-state index in [-0.39, 0.29) is 5.56 Å². The highest BCUT2D eigenvalue weighted by atomic mass is 16.5. The molecule has 0 spiro atoms. The quantitative estimate of drug-likeness (QED) is 0.720. The van der Waals surface area contributed by atoms with E-state index >= 15 is 0 Å². The van der Waals surface area contributed by atoms with Crippen molar-refractivity contribution >= 4 is 16.7 Å². The van der Waals surface area contributed by atoms with Crippen LogP contribution in [0.3, 0.4) is 0 Å². The number of anilines is 1. The molecule has 0 amide bonds. The first-order valence-electron chi connectivity index (χ1n) is 7.58. The van der Waals surface area contributed by atoms with Crippen molar-refractivity contribution < 1.29 is 4.74 Å². The summed E-state index contributed by atoms with van der Waals surface area (Å²) in [4.78, 5) is 23.0. The fourth-order valence-corrected chi connectivity index (χ4v) is 2.88. The molecule has 6 heteroatoms. The Balaban J connectivity index is 1.85. The zero-order valence-electron chi connectivity index (χ0n) is 12.6. The van der Waals surface area contributed by atoms with Crippen LogP contribution in [-0.4, -0.2) is 40.8 Å². The Morgan fingerprint density at radius 3 is 2.74 bits per heavy atom. The summed E-state index contributed by atoms with van der Waals surface area (Å²) < 4.78 is 7.02. The maximum atomic E-state index is 12.4. The van der Waals surface area contributed by atoms with Crippen LogP contribution >= 0.6 is 0 Å². The van der Waals surface area contributed by atoms with Gasteiger partial charge in [-0.25, -0.2) is 9.97 Å². The summed E-state index contributed by atoms with van der Waals surface area (Å²) in [6.45, 7) is 3.17. The van der Waals surface area contributed by atoms with Gasteiger partial charge in [0.25, 0.3) is 5.56 Å². The number of aromatic nitrogens is 3. The lowest BCUT2D eigenvalue weighted by Crippen LogP contribution is -2.36. The Bertz CT molecular complexity index is 900. The summed E-state index contributed by atoms with van der Waals surface area (Å²) in [5.41, 5.74) is 2.41. The normalized spacial score (nSPS) is 15.0. The zero-order valence-corrected chi connectivity index (χ0v) is 12.6. The van der Waals surface area contributed by atoms with Crippen molar-refractivity contribution in [1.29, 1.82) is 0 Å². The lowest BCUT2D eigenvalue weighted by molar-refractivity contribution is 0.122. The average molecular weight is 308 g/mol. The molecule has 0 N–H and O–H groups in total. The van der Waals surface area contributed by atoms with E-state index in [2.05, 4.69) is 20.9 Å². The molecule has 4 rings (SSSR count). The number of morpholine rings is 1. The fraction of sp³-hybridized carbons (Fsp3) is 0.235. The summed E-state index contributed by atoms with van der Waals surface area (Å²) in [7, 11) is 0. The van der Waals surface area contributed by atoms with Gasteiger partial charge in [-0.3, -0.25) is 9.36 Å². The van der Waals surface area contributed by atoms with Gasteiger partial charge in [0.15, 0.2) is 5.65 Å². The molecular formula is C17H16N4O2. The molecule has 116 valence electrons. The van der Waals surface area contributed by atoms with Crippen molar-refractivity contribution in [2.45, 2.75) is 0 Å². The van der Waals surface area contributed by atoms with E-state index in [0.717, 1.165) is 43.1 Å². The Hall–Kier alpha value is -2.73. The minimum Gasteiger partial charge on any atom is -0.378 e. The Labute approximate surface area is 133 Å². The van der Waals surface area contributed by atoms with Crippen molar-refractivity contribution in [3.05, 3.63) is 59.3 Å². The topological polar surface area (TPSA) is 60.2 Å². The van der Waals surface area contributed by atoms with E-state index in [4.69, 9.17) is 4.74 Å². The smallest absolute Gasteiger partial charge is 0.256 e. The molecule has 1 aliphatic heterocycles. The van der Waals surface area contributed by atoms with E-state index in [1.165, 1.54) is 6.33 Å². The van der Waals surface area contributed by atoms with Gasteiger partial charge < -0.3 is 9.64 Å². The summed E-state index contributed by atoms with van der Waals surface area (Å²) >= 11 is 0. The molecule has 0 aliphatic carbocycles. The van der Waals surface area contributed by atoms with Crippen molar-refractivity contribution in [3.63, 3.8) is 0 Å². The number of rotatable bonds is 2. The number of pyridine rings is 1. The molecule has 0 bridgehead atoms. The first-order chi connectivity index (χ1) is 11.3. The molecule has 23 heavy (non-hydrogen) atoms. The number of benzene rings is 1. The van der Waals surface area contributed by atoms with Gasteiger partial charge in [-0.1, -0.05) is 6.07 Å². The maximum Gasteiger partial charge on any atom is 0.256 e. The minimum atomic E-state index is -0.102. The predicted molar refractivity (Wildman–Crippen MR) is 88.2 cm³/mol. The second-order valence-corrected chi connectivity index (χ2v) is 5.43. The van der Waals surface area contributed by atoms with Crippen LogP contribution in [0.25, 0.3) is 16.7 Å². The van der Waals surface area contributed by atoms with E-state index in [1.807, 2.05) is 18.2 Å². The number of hydrogen-bond acceptors (Lipinski definition) is 5. The van der Waals surface area contributed by atoms with Crippen LogP contribution < -0.4 is 10.5 Å². The van der Waals surface area contributed by atoms with Crippen LogP contribution in [0.15, 0.2) is 53.7 Å². The van der Waals surface area contributed by atoms with Crippen LogP contribution in [0.2, 0.25) is 0 Å². The molecule has 0 radical (unpaired) electrons. The first-order valence-corrected chi connectivity index (χ1v) is 7.58. The summed E-state index contributed by atoms with van der Waals surface area (Å²) in [5.74, 6) is 0. The molecule has 0 atom stereocenters. The molecule has 3 heterocycles. The van der Waals surface area contributed by atoms with E-state index in [0.29, 0.717) is 5.65 Å². The monoisotopic (exact) mass is 308 g/mol. The van der Waals surface area contributed by atoms with Gasteiger partial charge >= 0.3 is 0 Å². The van der Waals surface area contributed by atoms with Crippen molar-refractivity contribution in [3.8, 4) is 5.69 Å². The van der Waals surface area contributed by atoms with Gasteiger partial charge in [0.2, 0.25) is 0 Å². The van der Waals surface area contributed by atoms with Crippen LogP contribution in [0.1, 0.15) is 0 Å². The highest BCUT2D eigenvalue weighted by Gasteiger charge is 2.13. The second kappa shape index (κ2) is 5.81. The lowest BCUT2D eigenvalue weighted by Gasteiger charge is -2.29. The molecule has 6 nitrogen and oxygen atoms in total. The lowest BCUT2D eigenvalue weighted by atomic mass is 10.2. The highest BCUT2D eigenvalue weighted by molar-refractivity contribution is 5.75. The zero-order chi connectivity index (χ0) is 15.6. The van der Waals surface area contributed by atoms with Gasteiger partial charge in [-0.15, -0.1) is 0 Å². The molecule has 0 unspecified atom stereocenters. The molecule has 0 saturated carbocycles. The van der Waals surface area contributed by atoms with Crippen LogP contribution in [0.5, 0.6) is 0 Å². The molecule has 1 saturated heterocycles. The summed E-state index contributed by atoms with van der Waals surface area (Å²) in [6.07, 6.45) is 3.17. The van der Waals surface area contributed by atoms with Crippen molar-refractivity contribution in [2.24, 2.45) is 0 Å². The molecular weight excluding hydrogens is 292 g/mol. The fourth-order valence-electron chi connectivity index (χ4n) is 2.88. The molecule has 1 aromatic carbocycles. The Morgan fingerprint density at radius 2 is 1.87 bits per heavy atom. The Morgan fingerprint density at radius 1 is 1.04 bits per heavy atom. The summed E-state index contributed by atoms with van der Waals surface area (Å²) in [6, 6.07) is 11.3. The van der Waals surface area contributed by atoms with E-state index in [9.17, 15) is 4.79 Å². The molecule has 3 aromatic rings. The Kier molecular flexibility index (Phi) is 3.51. The van der Waals surface area contributed by atoms with Gasteiger partial charge in [0, 0.05) is 36.4 Å². The van der Waals surface area contributed by atoms with Crippen LogP contribution in [0.4, 0.5) is 5.69 Å². The summed E-state index contributed by atoms with van der Waals surface area (Å²) in [5, 5.41) is 0.837. The molecule has 2 aromatic heterocycles. The van der Waals surface area contributed by atoms with E-state index in [1.54, 1.807) is 22.9 Å². The number of fused-ring (bicyclic) bond motifs is 1. The maximum absolute atomic E-state index is 12.4. The third-order valence-electron chi connectivity index (χ3n) is 4.02. The average Bonchev–Trinajstić information content (AvgIpc) is 2.62. The minimum absolute atomic E-state index is 0.102. The van der Waals surface area contributed by atoms with Gasteiger partial charge in [0.05, 0.1) is 18.9 Å². The molecule has 1 fully saturated rings. The third-order valence-corrected chi connectivity index (χ3v) is 4.02. The van der Waals surface area contributed by atoms with Gasteiger partial charge in [-0.2, -0.15) is 0 Å². The highest BCUT2D eigenvalue weighted by Crippen LogP contribution is 2.21. The van der Waals surface area contributed by atoms with Gasteiger partial charge in [0.1, 0.15) is 6.33 Å². The largest absolute Gasteiger partial charge is 0.378 e. The van der Waals surface area contributed by atoms with E-state index < -0.39 is 0 Å². The third kappa shape index (κ3) is 2.57. The van der Waals surface area contributed by atoms with Crippen molar-refractivity contribution in [2.75, 3.05) is 31.2 Å². The van der Waals surface area contributed by atoms with Crippen molar-refractivity contribution in [1.82, 2.24) is 14.5 Å². The van der Waals surface area contributed by atoms with Crippen LogP contribution in [-0.2, 0) is 4.74 Å². The number of nitrogens with zero attached hydrogens (tertiary/aromatic N) is 4. The standard InChI is InChI=1S/C17H16N4O2/c22-16-5-4-13-11-18-12-19-17(13)21(16)15-3-1-2-14(10-15)20-6-8-23-9-7-20/h1-5,10-12H,6-9H2. The second-order valence-electron chi connectivity index (χ2n) is 5.43.